The van der Waals surface area contributed by atoms with Crippen LogP contribution in [0.25, 0.3) is 5.52 Å². The number of aromatic nitrogens is 3. The summed E-state index contributed by atoms with van der Waals surface area (Å²) in [5, 5.41) is 4.26. The van der Waals surface area contributed by atoms with E-state index in [9.17, 15) is 0 Å². The second-order valence-electron chi connectivity index (χ2n) is 7.13. The molecule has 0 atom stereocenters. The van der Waals surface area contributed by atoms with E-state index in [1.54, 1.807) is 4.52 Å². The van der Waals surface area contributed by atoms with Gasteiger partial charge < -0.3 is 14.0 Å². The molecule has 0 spiro atoms. The van der Waals surface area contributed by atoms with Gasteiger partial charge in [-0.15, -0.1) is 0 Å². The molecule has 1 aliphatic heterocycles. The summed E-state index contributed by atoms with van der Waals surface area (Å²) >= 11 is 0. The molecule has 0 N–H and O–H groups in total. The van der Waals surface area contributed by atoms with Crippen molar-refractivity contribution in [2.45, 2.75) is 38.9 Å². The summed E-state index contributed by atoms with van der Waals surface area (Å²) in [6, 6.07) is 11.5. The van der Waals surface area contributed by atoms with Crippen molar-refractivity contribution in [3.05, 3.63) is 48.9 Å². The van der Waals surface area contributed by atoms with Gasteiger partial charge in [-0.1, -0.05) is 18.2 Å². The Bertz CT molecular complexity index is 892. The predicted molar refractivity (Wildman–Crippen MR) is 95.2 cm³/mol. The highest BCUT2D eigenvalue weighted by molar-refractivity contribution is 6.64. The highest BCUT2D eigenvalue weighted by atomic mass is 16.7. The van der Waals surface area contributed by atoms with Crippen LogP contribution < -0.4 is 10.2 Å². The summed E-state index contributed by atoms with van der Waals surface area (Å²) in [6.07, 6.45) is 3.33. The van der Waals surface area contributed by atoms with Gasteiger partial charge in [0.2, 0.25) is 5.88 Å². The van der Waals surface area contributed by atoms with Crippen molar-refractivity contribution in [2.24, 2.45) is 0 Å². The zero-order valence-corrected chi connectivity index (χ0v) is 14.8. The molecular weight excluding hydrogens is 317 g/mol. The average Bonchev–Trinajstić information content (AvgIpc) is 3.08. The predicted octanol–water partition coefficient (Wildman–Crippen LogP) is 2.82. The summed E-state index contributed by atoms with van der Waals surface area (Å²) in [6.45, 7) is 8.12. The first-order chi connectivity index (χ1) is 11.9. The van der Waals surface area contributed by atoms with Crippen LogP contribution in [-0.2, 0) is 9.31 Å². The first kappa shape index (κ1) is 16.1. The van der Waals surface area contributed by atoms with Crippen molar-refractivity contribution < 1.29 is 14.0 Å². The van der Waals surface area contributed by atoms with Gasteiger partial charge in [0.1, 0.15) is 17.6 Å². The highest BCUT2D eigenvalue weighted by Crippen LogP contribution is 2.37. The molecule has 0 unspecified atom stereocenters. The molecule has 6 nitrogen and oxygen atoms in total. The van der Waals surface area contributed by atoms with E-state index in [2.05, 4.69) is 10.1 Å². The van der Waals surface area contributed by atoms with E-state index in [-0.39, 0.29) is 0 Å². The Balaban J connectivity index is 1.76. The monoisotopic (exact) mass is 337 g/mol. The van der Waals surface area contributed by atoms with Crippen LogP contribution >= 0.6 is 0 Å². The molecule has 0 bridgehead atoms. The molecule has 25 heavy (non-hydrogen) atoms. The van der Waals surface area contributed by atoms with Gasteiger partial charge in [0.25, 0.3) is 0 Å². The number of benzene rings is 1. The molecule has 128 valence electrons. The molecule has 2 aromatic heterocycles. The lowest BCUT2D eigenvalue weighted by molar-refractivity contribution is 0.00578. The number of ether oxygens (including phenoxy) is 1. The fraction of sp³-hybridized carbons (Fsp3) is 0.333. The van der Waals surface area contributed by atoms with Crippen LogP contribution in [-0.4, -0.2) is 32.9 Å². The summed E-state index contributed by atoms with van der Waals surface area (Å²) < 4.78 is 20.0. The first-order valence-electron chi connectivity index (χ1n) is 8.28. The molecule has 3 heterocycles. The van der Waals surface area contributed by atoms with Crippen LogP contribution in [0.5, 0.6) is 11.6 Å². The van der Waals surface area contributed by atoms with Crippen LogP contribution in [0.1, 0.15) is 27.7 Å². The maximum absolute atomic E-state index is 6.18. The van der Waals surface area contributed by atoms with E-state index in [4.69, 9.17) is 14.0 Å². The molecule has 0 aliphatic carbocycles. The minimum absolute atomic E-state index is 0.415. The molecule has 1 saturated heterocycles. The van der Waals surface area contributed by atoms with Crippen LogP contribution in [0.3, 0.4) is 0 Å². The van der Waals surface area contributed by atoms with E-state index < -0.39 is 18.3 Å². The molecule has 7 heteroatoms. The molecular formula is C18H20BN3O3. The third-order valence-corrected chi connectivity index (χ3v) is 4.92. The van der Waals surface area contributed by atoms with E-state index >= 15 is 0 Å². The van der Waals surface area contributed by atoms with E-state index in [1.807, 2.05) is 70.3 Å². The van der Waals surface area contributed by atoms with Gasteiger partial charge in [-0.25, -0.2) is 4.52 Å². The Morgan fingerprint density at radius 3 is 2.36 bits per heavy atom. The van der Waals surface area contributed by atoms with Gasteiger partial charge in [0.05, 0.1) is 11.2 Å². The van der Waals surface area contributed by atoms with Crippen LogP contribution in [0.4, 0.5) is 0 Å². The molecule has 1 aromatic carbocycles. The molecule has 0 saturated carbocycles. The number of fused-ring (bicyclic) bond motifs is 1. The molecule has 3 aromatic rings. The summed E-state index contributed by atoms with van der Waals surface area (Å²) in [5.41, 5.74) is 0.763. The van der Waals surface area contributed by atoms with Gasteiger partial charge in [0.15, 0.2) is 0 Å². The fourth-order valence-electron chi connectivity index (χ4n) is 2.78. The molecule has 0 radical (unpaired) electrons. The van der Waals surface area contributed by atoms with E-state index in [1.165, 1.54) is 6.33 Å². The second kappa shape index (κ2) is 5.57. The zero-order valence-electron chi connectivity index (χ0n) is 14.8. The summed E-state index contributed by atoms with van der Waals surface area (Å²) in [7, 11) is -0.501. The molecule has 1 aliphatic rings. The number of nitrogens with zero attached hydrogens (tertiary/aromatic N) is 3. The number of rotatable bonds is 3. The van der Waals surface area contributed by atoms with Gasteiger partial charge in [-0.05, 0) is 45.9 Å². The Morgan fingerprint density at radius 2 is 1.68 bits per heavy atom. The Kier molecular flexibility index (Phi) is 3.59. The normalized spacial score (nSPS) is 18.6. The van der Waals surface area contributed by atoms with Crippen molar-refractivity contribution in [3.8, 4) is 11.6 Å². The highest BCUT2D eigenvalue weighted by Gasteiger charge is 2.52. The summed E-state index contributed by atoms with van der Waals surface area (Å²) in [5.74, 6) is 1.18. The fourth-order valence-corrected chi connectivity index (χ4v) is 2.78. The minimum atomic E-state index is -0.501. The van der Waals surface area contributed by atoms with Crippen molar-refractivity contribution in [2.75, 3.05) is 0 Å². The van der Waals surface area contributed by atoms with Crippen LogP contribution in [0.15, 0.2) is 48.9 Å². The lowest BCUT2D eigenvalue weighted by Gasteiger charge is -2.32. The number of hydrogen-bond donors (Lipinski definition) is 0. The number of hydrogen-bond acceptors (Lipinski definition) is 5. The van der Waals surface area contributed by atoms with Crippen LogP contribution in [0, 0.1) is 0 Å². The third-order valence-electron chi connectivity index (χ3n) is 4.92. The van der Waals surface area contributed by atoms with Crippen molar-refractivity contribution >= 4 is 18.1 Å². The van der Waals surface area contributed by atoms with Crippen molar-refractivity contribution in [3.63, 3.8) is 0 Å². The maximum atomic E-state index is 6.18. The van der Waals surface area contributed by atoms with E-state index in [0.29, 0.717) is 11.6 Å². The minimum Gasteiger partial charge on any atom is -0.437 e. The maximum Gasteiger partial charge on any atom is 0.497 e. The third kappa shape index (κ3) is 2.69. The molecule has 1 fully saturated rings. The van der Waals surface area contributed by atoms with Gasteiger partial charge in [-0.2, -0.15) is 10.1 Å². The van der Waals surface area contributed by atoms with Crippen molar-refractivity contribution in [1.29, 1.82) is 0 Å². The first-order valence-corrected chi connectivity index (χ1v) is 8.28. The summed E-state index contributed by atoms with van der Waals surface area (Å²) in [4.78, 5) is 4.31. The van der Waals surface area contributed by atoms with Gasteiger partial charge in [0, 0.05) is 11.7 Å². The zero-order chi connectivity index (χ0) is 17.7. The SMILES string of the molecule is CC1(C)OB(c2ccn3ncnc(Oc4ccccc4)c23)OC1(C)C. The van der Waals surface area contributed by atoms with Gasteiger partial charge >= 0.3 is 7.12 Å². The lowest BCUT2D eigenvalue weighted by atomic mass is 9.80. The average molecular weight is 337 g/mol. The second-order valence-corrected chi connectivity index (χ2v) is 7.13. The Hall–Kier alpha value is -2.38. The molecule has 0 amide bonds. The van der Waals surface area contributed by atoms with Gasteiger partial charge in [-0.3, -0.25) is 0 Å². The smallest absolute Gasteiger partial charge is 0.437 e. The lowest BCUT2D eigenvalue weighted by Crippen LogP contribution is -2.41. The standard InChI is InChI=1S/C18H20BN3O3/c1-17(2)18(3,4)25-19(24-17)14-10-11-22-15(14)16(20-12-21-22)23-13-8-6-5-7-9-13/h5-12H,1-4H3. The Labute approximate surface area is 146 Å². The quantitative estimate of drug-likeness (QED) is 0.688. The van der Waals surface area contributed by atoms with E-state index in [0.717, 1.165) is 11.0 Å². The Morgan fingerprint density at radius 1 is 1.00 bits per heavy atom. The molecule has 4 rings (SSSR count). The topological polar surface area (TPSA) is 57.9 Å². The largest absolute Gasteiger partial charge is 0.497 e. The van der Waals surface area contributed by atoms with Crippen LogP contribution in [0.2, 0.25) is 0 Å². The number of para-hydroxylation sites is 1. The van der Waals surface area contributed by atoms with Crippen molar-refractivity contribution in [1.82, 2.24) is 14.6 Å².